The van der Waals surface area contributed by atoms with Gasteiger partial charge in [-0.1, -0.05) is 32.9 Å². The molecular weight excluding hydrogens is 535 g/mol. The van der Waals surface area contributed by atoms with E-state index >= 15 is 0 Å². The summed E-state index contributed by atoms with van der Waals surface area (Å²) < 4.78 is 20.4. The zero-order valence-corrected chi connectivity index (χ0v) is 24.7. The van der Waals surface area contributed by atoms with Crippen LogP contribution in [0.25, 0.3) is 10.4 Å². The van der Waals surface area contributed by atoms with Gasteiger partial charge in [0.15, 0.2) is 5.67 Å². The topological polar surface area (TPSA) is 121 Å². The van der Waals surface area contributed by atoms with Crippen LogP contribution in [0.4, 0.5) is 4.39 Å². The number of hydrogen-bond donors (Lipinski definition) is 3. The number of amides is 3. The van der Waals surface area contributed by atoms with Crippen LogP contribution in [0.3, 0.4) is 0 Å². The number of carbonyl (C=O) groups excluding carboxylic acids is 3. The summed E-state index contributed by atoms with van der Waals surface area (Å²) in [5, 5.41) is 15.9. The number of ether oxygens (including phenoxy) is 1. The Morgan fingerprint density at radius 3 is 2.55 bits per heavy atom. The van der Waals surface area contributed by atoms with Crippen molar-refractivity contribution in [3.05, 3.63) is 35.0 Å². The van der Waals surface area contributed by atoms with Gasteiger partial charge in [-0.05, 0) is 50.7 Å². The number of halogens is 1. The second-order valence-corrected chi connectivity index (χ2v) is 13.0. The highest BCUT2D eigenvalue weighted by Gasteiger charge is 2.53. The van der Waals surface area contributed by atoms with Crippen LogP contribution in [-0.4, -0.2) is 69.2 Å². The van der Waals surface area contributed by atoms with Gasteiger partial charge in [0, 0.05) is 25.1 Å². The molecular formula is C29H39FN4O5S. The summed E-state index contributed by atoms with van der Waals surface area (Å²) >= 11 is 1.54. The van der Waals surface area contributed by atoms with Crippen LogP contribution in [0.5, 0.6) is 5.75 Å². The number of benzene rings is 1. The monoisotopic (exact) mass is 574 g/mol. The third-order valence-corrected chi connectivity index (χ3v) is 8.22. The molecule has 3 N–H and O–H groups in total. The van der Waals surface area contributed by atoms with E-state index in [1.165, 1.54) is 4.90 Å². The van der Waals surface area contributed by atoms with Crippen molar-refractivity contribution in [1.29, 1.82) is 0 Å². The molecule has 2 aliphatic rings. The molecule has 2 heterocycles. The molecule has 1 aliphatic heterocycles. The minimum Gasteiger partial charge on any atom is -0.491 e. The van der Waals surface area contributed by atoms with E-state index in [0.717, 1.165) is 21.7 Å². The molecule has 1 aromatic carbocycles. The highest BCUT2D eigenvalue weighted by molar-refractivity contribution is 7.13. The predicted octanol–water partition coefficient (Wildman–Crippen LogP) is 3.52. The van der Waals surface area contributed by atoms with E-state index in [0.29, 0.717) is 5.75 Å². The van der Waals surface area contributed by atoms with E-state index in [1.807, 2.05) is 39.0 Å². The smallest absolute Gasteiger partial charge is 0.258 e. The van der Waals surface area contributed by atoms with Crippen molar-refractivity contribution in [2.45, 2.75) is 97.3 Å². The lowest BCUT2D eigenvalue weighted by atomic mass is 9.85. The van der Waals surface area contributed by atoms with E-state index in [1.54, 1.807) is 37.6 Å². The number of β-amino-alcohol motifs (C(OH)–C–C–N with tert-alkyl or cyclic N) is 1. The molecule has 1 saturated heterocycles. The first-order chi connectivity index (χ1) is 18.7. The number of thiazole rings is 1. The van der Waals surface area contributed by atoms with Gasteiger partial charge in [-0.3, -0.25) is 14.4 Å². The van der Waals surface area contributed by atoms with Crippen LogP contribution in [0.15, 0.2) is 23.7 Å². The highest BCUT2D eigenvalue weighted by atomic mass is 32.1. The van der Waals surface area contributed by atoms with Gasteiger partial charge in [0.1, 0.15) is 17.8 Å². The SMILES string of the molecule is Cc1ncsc1-c1ccc(CNC(=O)C2CC(O)CN2C(=O)C(NC(=O)C2(F)CC2)C(C)(C)C)c(OC(C)C)c1. The molecule has 1 aliphatic carbocycles. The van der Waals surface area contributed by atoms with Crippen molar-refractivity contribution in [1.82, 2.24) is 20.5 Å². The van der Waals surface area contributed by atoms with Crippen molar-refractivity contribution < 1.29 is 28.6 Å². The number of alkyl halides is 1. The van der Waals surface area contributed by atoms with Crippen molar-refractivity contribution >= 4 is 29.1 Å². The minimum atomic E-state index is -1.94. The fourth-order valence-electron chi connectivity index (χ4n) is 4.80. The second kappa shape index (κ2) is 11.4. The number of hydrogen-bond acceptors (Lipinski definition) is 7. The molecule has 0 bridgehead atoms. The third-order valence-electron chi connectivity index (χ3n) is 7.24. The lowest BCUT2D eigenvalue weighted by Crippen LogP contribution is -2.59. The first kappa shape index (κ1) is 29.9. The number of aromatic nitrogens is 1. The van der Waals surface area contributed by atoms with E-state index in [9.17, 15) is 23.9 Å². The Labute approximate surface area is 238 Å². The summed E-state index contributed by atoms with van der Waals surface area (Å²) in [5.41, 5.74) is 1.78. The molecule has 0 radical (unpaired) electrons. The van der Waals surface area contributed by atoms with E-state index in [2.05, 4.69) is 15.6 Å². The first-order valence-electron chi connectivity index (χ1n) is 13.7. The number of aryl methyl sites for hydroxylation is 1. The maximum Gasteiger partial charge on any atom is 0.258 e. The van der Waals surface area contributed by atoms with Crippen molar-refractivity contribution in [2.24, 2.45) is 5.41 Å². The molecule has 218 valence electrons. The number of nitrogens with zero attached hydrogens (tertiary/aromatic N) is 2. The molecule has 1 aromatic heterocycles. The summed E-state index contributed by atoms with van der Waals surface area (Å²) in [7, 11) is 0. The summed E-state index contributed by atoms with van der Waals surface area (Å²) in [6.07, 6.45) is -0.660. The fourth-order valence-corrected chi connectivity index (χ4v) is 5.60. The van der Waals surface area contributed by atoms with Crippen molar-refractivity contribution in [3.63, 3.8) is 0 Å². The largest absolute Gasteiger partial charge is 0.491 e. The van der Waals surface area contributed by atoms with Gasteiger partial charge in [0.05, 0.1) is 28.3 Å². The van der Waals surface area contributed by atoms with E-state index in [-0.39, 0.29) is 38.5 Å². The van der Waals surface area contributed by atoms with Gasteiger partial charge in [-0.15, -0.1) is 11.3 Å². The molecule has 9 nitrogen and oxygen atoms in total. The van der Waals surface area contributed by atoms with E-state index in [4.69, 9.17) is 4.74 Å². The van der Waals surface area contributed by atoms with Gasteiger partial charge in [0.2, 0.25) is 11.8 Å². The molecule has 3 atom stereocenters. The third kappa shape index (κ3) is 6.63. The van der Waals surface area contributed by atoms with Crippen LogP contribution in [0, 0.1) is 12.3 Å². The summed E-state index contributed by atoms with van der Waals surface area (Å²) in [4.78, 5) is 46.1. The summed E-state index contributed by atoms with van der Waals surface area (Å²) in [5.74, 6) is -1.12. The normalized spacial score (nSPS) is 20.8. The van der Waals surface area contributed by atoms with Crippen LogP contribution >= 0.6 is 11.3 Å². The highest BCUT2D eigenvalue weighted by Crippen LogP contribution is 2.40. The number of rotatable bonds is 9. The van der Waals surface area contributed by atoms with Gasteiger partial charge in [-0.2, -0.15) is 0 Å². The Balaban J connectivity index is 1.49. The maximum atomic E-state index is 14.4. The Hall–Kier alpha value is -3.05. The van der Waals surface area contributed by atoms with Gasteiger partial charge < -0.3 is 25.4 Å². The Bertz CT molecular complexity index is 1270. The van der Waals surface area contributed by atoms with Crippen LogP contribution in [-0.2, 0) is 20.9 Å². The first-order valence-corrected chi connectivity index (χ1v) is 14.5. The molecule has 11 heteroatoms. The molecule has 4 rings (SSSR count). The zero-order chi connectivity index (χ0) is 29.4. The Morgan fingerprint density at radius 2 is 1.98 bits per heavy atom. The molecule has 3 amide bonds. The van der Waals surface area contributed by atoms with Crippen molar-refractivity contribution in [3.8, 4) is 16.2 Å². The van der Waals surface area contributed by atoms with E-state index < -0.39 is 47.0 Å². The predicted molar refractivity (Wildman–Crippen MR) is 150 cm³/mol. The number of likely N-dealkylation sites (tertiary alicyclic amines) is 1. The quantitative estimate of drug-likeness (QED) is 0.422. The standard InChI is InChI=1S/C29H39FN4O5S/c1-16(2)39-22-11-18(23-17(3)32-15-40-23)7-8-19(22)13-31-25(36)21-12-20(35)14-34(21)26(37)24(28(4,5)6)33-27(38)29(30)9-10-29/h7-8,11,15-16,20-21,24,35H,9-10,12-14H2,1-6H3,(H,31,36)(H,33,38). The van der Waals surface area contributed by atoms with Gasteiger partial charge >= 0.3 is 0 Å². The Morgan fingerprint density at radius 1 is 1.27 bits per heavy atom. The van der Waals surface area contributed by atoms with Gasteiger partial charge in [-0.25, -0.2) is 9.37 Å². The van der Waals surface area contributed by atoms with Crippen LogP contribution in [0.1, 0.15) is 65.1 Å². The fraction of sp³-hybridized carbons (Fsp3) is 0.586. The van der Waals surface area contributed by atoms with Crippen LogP contribution < -0.4 is 15.4 Å². The zero-order valence-electron chi connectivity index (χ0n) is 23.9. The lowest BCUT2D eigenvalue weighted by molar-refractivity contribution is -0.145. The molecule has 0 spiro atoms. The average molecular weight is 575 g/mol. The number of aliphatic hydroxyl groups is 1. The summed E-state index contributed by atoms with van der Waals surface area (Å²) in [6.45, 7) is 11.2. The van der Waals surface area contributed by atoms with Crippen molar-refractivity contribution in [2.75, 3.05) is 6.54 Å². The minimum absolute atomic E-state index is 0.0508. The molecule has 2 fully saturated rings. The van der Waals surface area contributed by atoms with Crippen LogP contribution in [0.2, 0.25) is 0 Å². The average Bonchev–Trinajstić information content (AvgIpc) is 3.28. The lowest BCUT2D eigenvalue weighted by Gasteiger charge is -2.35. The number of nitrogens with one attached hydrogen (secondary N) is 2. The molecule has 40 heavy (non-hydrogen) atoms. The second-order valence-electron chi connectivity index (χ2n) is 12.1. The Kier molecular flexibility index (Phi) is 8.56. The molecule has 3 unspecified atom stereocenters. The maximum absolute atomic E-state index is 14.4. The number of aliphatic hydroxyl groups excluding tert-OH is 1. The van der Waals surface area contributed by atoms with Gasteiger partial charge in [0.25, 0.3) is 5.91 Å². The molecule has 2 aromatic rings. The summed E-state index contributed by atoms with van der Waals surface area (Å²) in [6, 6.07) is 3.80. The number of carbonyl (C=O) groups is 3. The molecule has 1 saturated carbocycles.